The summed E-state index contributed by atoms with van der Waals surface area (Å²) in [5.74, 6) is 1.78. The molecule has 11 aromatic carbocycles. The Morgan fingerprint density at radius 2 is 0.403 bits per heavy atom. The molecule has 72 heavy (non-hydrogen) atoms. The highest BCUT2D eigenvalue weighted by Crippen LogP contribution is 2.56. The zero-order valence-corrected chi connectivity index (χ0v) is 39.5. The highest BCUT2D eigenvalue weighted by Gasteiger charge is 2.29. The van der Waals surface area contributed by atoms with Crippen LogP contribution in [0.4, 0.5) is 0 Å². The maximum Gasteiger partial charge on any atom is 0.164 e. The van der Waals surface area contributed by atoms with Crippen molar-refractivity contribution in [1.82, 2.24) is 15.0 Å². The van der Waals surface area contributed by atoms with E-state index in [0.29, 0.717) is 17.5 Å². The molecule has 0 unspecified atom stereocenters. The minimum absolute atomic E-state index is 0.583. The zero-order valence-electron chi connectivity index (χ0n) is 39.5. The van der Waals surface area contributed by atoms with Gasteiger partial charge in [0.15, 0.2) is 17.5 Å². The van der Waals surface area contributed by atoms with E-state index in [4.69, 9.17) is 15.0 Å². The summed E-state index contributed by atoms with van der Waals surface area (Å²) in [6.45, 7) is 0. The highest BCUT2D eigenvalue weighted by molar-refractivity contribution is 6.15. The molecule has 0 bridgehead atoms. The van der Waals surface area contributed by atoms with Gasteiger partial charge in [-0.15, -0.1) is 0 Å². The van der Waals surface area contributed by atoms with Crippen LogP contribution in [0.5, 0.6) is 0 Å². The summed E-state index contributed by atoms with van der Waals surface area (Å²) in [4.78, 5) is 16.1. The average molecular weight is 918 g/mol. The Morgan fingerprint density at radius 3 is 0.792 bits per heavy atom. The van der Waals surface area contributed by atoms with Crippen LogP contribution in [-0.2, 0) is 0 Å². The van der Waals surface area contributed by atoms with Crippen molar-refractivity contribution < 1.29 is 0 Å². The third-order valence-corrected chi connectivity index (χ3v) is 13.3. The molecule has 0 aliphatic carbocycles. The Morgan fingerprint density at radius 1 is 0.153 bits per heavy atom. The molecule has 0 aliphatic rings. The van der Waals surface area contributed by atoms with Crippen molar-refractivity contribution in [3.63, 3.8) is 0 Å². The summed E-state index contributed by atoms with van der Waals surface area (Å²) in [6.07, 6.45) is 0. The summed E-state index contributed by atoms with van der Waals surface area (Å²) < 4.78 is 0. The van der Waals surface area contributed by atoms with Gasteiger partial charge in [0, 0.05) is 16.7 Å². The van der Waals surface area contributed by atoms with Gasteiger partial charge < -0.3 is 0 Å². The van der Waals surface area contributed by atoms with Gasteiger partial charge in [-0.1, -0.05) is 273 Å². The fourth-order valence-electron chi connectivity index (χ4n) is 10.1. The van der Waals surface area contributed by atoms with Gasteiger partial charge in [-0.2, -0.15) is 0 Å². The first kappa shape index (κ1) is 43.7. The highest BCUT2D eigenvalue weighted by atomic mass is 15.0. The predicted octanol–water partition coefficient (Wildman–Crippen LogP) is 18.2. The van der Waals surface area contributed by atoms with Crippen LogP contribution in [0.25, 0.3) is 123 Å². The molecule has 12 aromatic rings. The number of hydrogen-bond acceptors (Lipinski definition) is 3. The van der Waals surface area contributed by atoms with Gasteiger partial charge in [-0.3, -0.25) is 0 Å². The average Bonchev–Trinajstić information content (AvgIpc) is 3.48. The monoisotopic (exact) mass is 917 g/mol. The van der Waals surface area contributed by atoms with E-state index in [2.05, 4.69) is 273 Å². The van der Waals surface area contributed by atoms with E-state index in [-0.39, 0.29) is 0 Å². The van der Waals surface area contributed by atoms with Gasteiger partial charge in [-0.25, -0.2) is 15.0 Å². The van der Waals surface area contributed by atoms with Gasteiger partial charge >= 0.3 is 0 Å². The van der Waals surface area contributed by atoms with Gasteiger partial charge in [0.05, 0.1) is 0 Å². The lowest BCUT2D eigenvalue weighted by Crippen LogP contribution is -2.03. The van der Waals surface area contributed by atoms with Gasteiger partial charge in [0.1, 0.15) is 0 Å². The van der Waals surface area contributed by atoms with Gasteiger partial charge in [0.25, 0.3) is 0 Å². The lowest BCUT2D eigenvalue weighted by atomic mass is 9.74. The molecular formula is C69H47N3. The van der Waals surface area contributed by atoms with Crippen molar-refractivity contribution in [3.8, 4) is 123 Å². The van der Waals surface area contributed by atoms with E-state index >= 15 is 0 Å². The summed E-state index contributed by atoms with van der Waals surface area (Å²) in [7, 11) is 0. The van der Waals surface area contributed by atoms with E-state index in [1.807, 2.05) is 12.1 Å². The Bertz CT molecular complexity index is 3700. The normalized spacial score (nSPS) is 11.1. The SMILES string of the molecule is c1ccc(-c2cccc(-c3nc(-c4cccc(-c5c(-c6ccccc6)c(-c6ccccc6)c(-c6ccccc6)c(-c6ccccc6)c5-c5ccccc5)c4)nc(-c4ccccc4-c4ccccc4)n3)c2)cc1. The largest absolute Gasteiger partial charge is 0.208 e. The van der Waals surface area contributed by atoms with Crippen LogP contribution in [0.3, 0.4) is 0 Å². The Hall–Kier alpha value is -9.57. The molecule has 0 amide bonds. The fourth-order valence-corrected chi connectivity index (χ4v) is 10.1. The minimum atomic E-state index is 0.583. The fraction of sp³-hybridized carbons (Fsp3) is 0. The molecular weight excluding hydrogens is 871 g/mol. The molecule has 0 saturated heterocycles. The predicted molar refractivity (Wildman–Crippen MR) is 300 cm³/mol. The lowest BCUT2D eigenvalue weighted by Gasteiger charge is -2.29. The quantitative estimate of drug-likeness (QED) is 0.130. The minimum Gasteiger partial charge on any atom is -0.208 e. The number of aromatic nitrogens is 3. The second kappa shape index (κ2) is 19.8. The summed E-state index contributed by atoms with van der Waals surface area (Å²) in [6, 6.07) is 101. The van der Waals surface area contributed by atoms with Crippen molar-refractivity contribution in [3.05, 3.63) is 285 Å². The first-order valence-corrected chi connectivity index (χ1v) is 24.4. The van der Waals surface area contributed by atoms with Crippen LogP contribution in [0, 0.1) is 0 Å². The van der Waals surface area contributed by atoms with Crippen molar-refractivity contribution in [2.24, 2.45) is 0 Å². The molecule has 0 N–H and O–H groups in total. The van der Waals surface area contributed by atoms with Crippen molar-refractivity contribution in [2.45, 2.75) is 0 Å². The molecule has 0 atom stereocenters. The van der Waals surface area contributed by atoms with Gasteiger partial charge in [-0.05, 0) is 101 Å². The Labute approximate surface area is 421 Å². The number of rotatable bonds is 11. The van der Waals surface area contributed by atoms with Crippen molar-refractivity contribution in [2.75, 3.05) is 0 Å². The smallest absolute Gasteiger partial charge is 0.164 e. The molecule has 3 heteroatoms. The summed E-state index contributed by atoms with van der Waals surface area (Å²) in [5.41, 5.74) is 20.6. The maximum absolute atomic E-state index is 5.42. The second-order valence-electron chi connectivity index (χ2n) is 17.8. The van der Waals surface area contributed by atoms with Crippen LogP contribution >= 0.6 is 0 Å². The van der Waals surface area contributed by atoms with Crippen LogP contribution < -0.4 is 0 Å². The number of nitrogens with zero attached hydrogens (tertiary/aromatic N) is 3. The van der Waals surface area contributed by atoms with Crippen LogP contribution in [0.1, 0.15) is 0 Å². The number of hydrogen-bond donors (Lipinski definition) is 0. The molecule has 0 fully saturated rings. The molecule has 0 saturated carbocycles. The van der Waals surface area contributed by atoms with E-state index < -0.39 is 0 Å². The molecule has 1 aromatic heterocycles. The molecule has 3 nitrogen and oxygen atoms in total. The van der Waals surface area contributed by atoms with E-state index in [1.54, 1.807) is 0 Å². The van der Waals surface area contributed by atoms with Crippen LogP contribution in [-0.4, -0.2) is 15.0 Å². The first-order valence-electron chi connectivity index (χ1n) is 24.4. The topological polar surface area (TPSA) is 38.7 Å². The summed E-state index contributed by atoms with van der Waals surface area (Å²) >= 11 is 0. The molecule has 0 radical (unpaired) electrons. The molecule has 12 rings (SSSR count). The molecule has 1 heterocycles. The van der Waals surface area contributed by atoms with Crippen LogP contribution in [0.15, 0.2) is 285 Å². The van der Waals surface area contributed by atoms with E-state index in [1.165, 1.54) is 5.56 Å². The van der Waals surface area contributed by atoms with Crippen molar-refractivity contribution >= 4 is 0 Å². The second-order valence-corrected chi connectivity index (χ2v) is 17.8. The Kier molecular flexibility index (Phi) is 12.0. The first-order chi connectivity index (χ1) is 35.7. The number of benzene rings is 11. The molecule has 0 aliphatic heterocycles. The third-order valence-electron chi connectivity index (χ3n) is 13.3. The van der Waals surface area contributed by atoms with Crippen LogP contribution in [0.2, 0.25) is 0 Å². The zero-order chi connectivity index (χ0) is 48.1. The lowest BCUT2D eigenvalue weighted by molar-refractivity contribution is 1.07. The third kappa shape index (κ3) is 8.61. The summed E-state index contributed by atoms with van der Waals surface area (Å²) in [5, 5.41) is 0. The standard InChI is InChI=1S/C69H47N3/c1-8-26-48(27-9-1)55-40-24-42-57(46-55)67-70-68(72-69(71-67)60-45-23-22-44-59(60)49-28-10-2-11-29-49)58-43-25-41-56(47-58)66-64(53-36-18-6-19-37-53)62(51-32-14-4-15-33-51)61(50-30-12-3-13-31-50)63(52-34-16-5-17-35-52)65(66)54-38-20-7-21-39-54/h1-47H. The van der Waals surface area contributed by atoms with Crippen molar-refractivity contribution in [1.29, 1.82) is 0 Å². The molecule has 338 valence electrons. The Balaban J connectivity index is 1.18. The van der Waals surface area contributed by atoms with Gasteiger partial charge in [0.2, 0.25) is 0 Å². The molecule has 0 spiro atoms. The van der Waals surface area contributed by atoms with E-state index in [0.717, 1.165) is 100 Å². The van der Waals surface area contributed by atoms with E-state index in [9.17, 15) is 0 Å². The maximum atomic E-state index is 5.42.